The predicted molar refractivity (Wildman–Crippen MR) is 100 cm³/mol. The van der Waals surface area contributed by atoms with E-state index >= 15 is 0 Å². The number of aromatic nitrogens is 3. The summed E-state index contributed by atoms with van der Waals surface area (Å²) < 4.78 is 0. The molecular formula is C20H17N4S. The zero-order chi connectivity index (χ0) is 16.9. The molecule has 1 saturated carbocycles. The summed E-state index contributed by atoms with van der Waals surface area (Å²) in [5, 5.41) is 0. The lowest BCUT2D eigenvalue weighted by molar-refractivity contribution is 0.735. The number of nitrogens with zero attached hydrogens (tertiary/aromatic N) is 4. The second kappa shape index (κ2) is 5.56. The number of pyridine rings is 1. The summed E-state index contributed by atoms with van der Waals surface area (Å²) in [7, 11) is 0. The van der Waals surface area contributed by atoms with Crippen LogP contribution in [0.4, 0.5) is 11.6 Å². The molecule has 1 spiro atoms. The van der Waals surface area contributed by atoms with Crippen LogP contribution in [0.15, 0.2) is 53.8 Å². The SMILES string of the molecule is CSc1ccnc(-c2cnc(N3CC4(CC4)c4cc[c]cc43)nc2)c1. The van der Waals surface area contributed by atoms with E-state index < -0.39 is 0 Å². The molecule has 1 radical (unpaired) electrons. The van der Waals surface area contributed by atoms with Crippen molar-refractivity contribution in [2.24, 2.45) is 0 Å². The van der Waals surface area contributed by atoms with Crippen molar-refractivity contribution in [3.63, 3.8) is 0 Å². The highest BCUT2D eigenvalue weighted by Crippen LogP contribution is 2.57. The third-order valence-electron chi connectivity index (χ3n) is 5.16. The molecule has 1 aromatic carbocycles. The van der Waals surface area contributed by atoms with Gasteiger partial charge in [0.25, 0.3) is 0 Å². The quantitative estimate of drug-likeness (QED) is 0.664. The van der Waals surface area contributed by atoms with Crippen LogP contribution >= 0.6 is 11.8 Å². The molecule has 0 atom stereocenters. The van der Waals surface area contributed by atoms with Gasteiger partial charge in [-0.1, -0.05) is 12.1 Å². The van der Waals surface area contributed by atoms with Gasteiger partial charge in [-0.3, -0.25) is 4.98 Å². The summed E-state index contributed by atoms with van der Waals surface area (Å²) >= 11 is 1.71. The summed E-state index contributed by atoms with van der Waals surface area (Å²) in [5.74, 6) is 0.759. The molecular weight excluding hydrogens is 328 g/mol. The molecule has 0 saturated heterocycles. The van der Waals surface area contributed by atoms with Gasteiger partial charge in [-0.15, -0.1) is 11.8 Å². The largest absolute Gasteiger partial charge is 0.309 e. The van der Waals surface area contributed by atoms with Crippen molar-refractivity contribution in [1.29, 1.82) is 0 Å². The van der Waals surface area contributed by atoms with E-state index in [4.69, 9.17) is 0 Å². The van der Waals surface area contributed by atoms with Crippen LogP contribution in [0.1, 0.15) is 18.4 Å². The van der Waals surface area contributed by atoms with Gasteiger partial charge in [-0.05, 0) is 48.9 Å². The Kier molecular flexibility index (Phi) is 3.31. The van der Waals surface area contributed by atoms with E-state index in [9.17, 15) is 0 Å². The Morgan fingerprint density at radius 1 is 1.16 bits per heavy atom. The topological polar surface area (TPSA) is 41.9 Å². The van der Waals surface area contributed by atoms with Crippen molar-refractivity contribution in [3.05, 3.63) is 60.6 Å². The summed E-state index contributed by atoms with van der Waals surface area (Å²) in [6, 6.07) is 13.6. The molecule has 3 heterocycles. The molecule has 1 fully saturated rings. The molecule has 123 valence electrons. The van der Waals surface area contributed by atoms with Crippen molar-refractivity contribution in [2.45, 2.75) is 23.2 Å². The van der Waals surface area contributed by atoms with Crippen molar-refractivity contribution < 1.29 is 0 Å². The fraction of sp³-hybridized carbons (Fsp3) is 0.250. The predicted octanol–water partition coefficient (Wildman–Crippen LogP) is 4.24. The second-order valence-corrected chi connectivity index (χ2v) is 7.54. The van der Waals surface area contributed by atoms with Crippen LogP contribution in [0.25, 0.3) is 11.3 Å². The summed E-state index contributed by atoms with van der Waals surface area (Å²) in [4.78, 5) is 17.1. The highest BCUT2D eigenvalue weighted by Gasteiger charge is 2.52. The van der Waals surface area contributed by atoms with Crippen LogP contribution in [-0.4, -0.2) is 27.8 Å². The molecule has 0 bridgehead atoms. The molecule has 1 aliphatic heterocycles. The first-order chi connectivity index (χ1) is 12.3. The maximum Gasteiger partial charge on any atom is 0.229 e. The number of hydrogen-bond acceptors (Lipinski definition) is 5. The van der Waals surface area contributed by atoms with Gasteiger partial charge < -0.3 is 4.90 Å². The molecule has 2 aliphatic rings. The first-order valence-corrected chi connectivity index (χ1v) is 9.62. The molecule has 0 N–H and O–H groups in total. The summed E-state index contributed by atoms with van der Waals surface area (Å²) in [6.07, 6.45) is 10.2. The third kappa shape index (κ3) is 2.42. The molecule has 5 rings (SSSR count). The minimum Gasteiger partial charge on any atom is -0.309 e. The number of fused-ring (bicyclic) bond motifs is 2. The first-order valence-electron chi connectivity index (χ1n) is 8.40. The average molecular weight is 345 g/mol. The van der Waals surface area contributed by atoms with E-state index in [1.165, 1.54) is 29.0 Å². The van der Waals surface area contributed by atoms with E-state index in [2.05, 4.69) is 50.4 Å². The molecule has 2 aromatic heterocycles. The lowest BCUT2D eigenvalue weighted by atomic mass is 9.99. The number of hydrogen-bond donors (Lipinski definition) is 0. The van der Waals surface area contributed by atoms with Crippen LogP contribution in [0, 0.1) is 6.07 Å². The van der Waals surface area contributed by atoms with Crippen molar-refractivity contribution >= 4 is 23.4 Å². The first kappa shape index (κ1) is 14.9. The van der Waals surface area contributed by atoms with Gasteiger partial charge in [-0.25, -0.2) is 9.97 Å². The molecule has 0 unspecified atom stereocenters. The Balaban J connectivity index is 1.48. The number of rotatable bonds is 3. The molecule has 5 heteroatoms. The van der Waals surface area contributed by atoms with Crippen LogP contribution in [0.5, 0.6) is 0 Å². The fourth-order valence-corrected chi connectivity index (χ4v) is 4.04. The average Bonchev–Trinajstić information content (AvgIpc) is 3.39. The summed E-state index contributed by atoms with van der Waals surface area (Å²) in [5.41, 5.74) is 4.80. The lowest BCUT2D eigenvalue weighted by Gasteiger charge is -2.17. The highest BCUT2D eigenvalue weighted by atomic mass is 32.2. The van der Waals surface area contributed by atoms with Gasteiger partial charge in [0.05, 0.1) is 5.69 Å². The van der Waals surface area contributed by atoms with E-state index in [1.807, 2.05) is 30.7 Å². The minimum atomic E-state index is 0.320. The molecule has 0 amide bonds. The van der Waals surface area contributed by atoms with Crippen LogP contribution in [-0.2, 0) is 5.41 Å². The fourth-order valence-electron chi connectivity index (χ4n) is 3.61. The standard InChI is InChI=1S/C20H17N4S/c1-25-15-6-9-21-17(10-15)14-11-22-19(23-12-14)24-13-20(7-8-20)16-4-2-3-5-18(16)24/h2,4-6,9-12H,7-8,13H2,1H3. The number of anilines is 2. The van der Waals surface area contributed by atoms with Crippen LogP contribution < -0.4 is 4.90 Å². The Morgan fingerprint density at radius 3 is 2.76 bits per heavy atom. The Morgan fingerprint density at radius 2 is 2.00 bits per heavy atom. The van der Waals surface area contributed by atoms with Gasteiger partial charge in [0.2, 0.25) is 5.95 Å². The van der Waals surface area contributed by atoms with Gasteiger partial charge in [-0.2, -0.15) is 0 Å². The molecule has 3 aromatic rings. The normalized spacial score (nSPS) is 16.9. The van der Waals surface area contributed by atoms with E-state index in [1.54, 1.807) is 11.8 Å². The second-order valence-electron chi connectivity index (χ2n) is 6.66. The smallest absolute Gasteiger partial charge is 0.229 e. The Hall–Kier alpha value is -2.40. The van der Waals surface area contributed by atoms with E-state index in [0.717, 1.165) is 23.8 Å². The van der Waals surface area contributed by atoms with E-state index in [-0.39, 0.29) is 0 Å². The maximum atomic E-state index is 4.64. The minimum absolute atomic E-state index is 0.320. The van der Waals surface area contributed by atoms with Gasteiger partial charge >= 0.3 is 0 Å². The van der Waals surface area contributed by atoms with Crippen LogP contribution in [0.3, 0.4) is 0 Å². The molecule has 1 aliphatic carbocycles. The van der Waals surface area contributed by atoms with Gasteiger partial charge in [0.15, 0.2) is 0 Å². The Bertz CT molecular complexity index is 934. The third-order valence-corrected chi connectivity index (χ3v) is 5.89. The molecule has 25 heavy (non-hydrogen) atoms. The number of benzene rings is 1. The Labute approximate surface area is 151 Å². The zero-order valence-electron chi connectivity index (χ0n) is 13.9. The summed E-state index contributed by atoms with van der Waals surface area (Å²) in [6.45, 7) is 0.972. The van der Waals surface area contributed by atoms with Crippen LogP contribution in [0.2, 0.25) is 0 Å². The lowest BCUT2D eigenvalue weighted by Crippen LogP contribution is -2.21. The monoisotopic (exact) mass is 345 g/mol. The van der Waals surface area contributed by atoms with Crippen molar-refractivity contribution in [3.8, 4) is 11.3 Å². The van der Waals surface area contributed by atoms with Crippen molar-refractivity contribution in [2.75, 3.05) is 17.7 Å². The zero-order valence-corrected chi connectivity index (χ0v) is 14.8. The number of thioether (sulfide) groups is 1. The van der Waals surface area contributed by atoms with Gasteiger partial charge in [0, 0.05) is 46.7 Å². The van der Waals surface area contributed by atoms with Crippen molar-refractivity contribution in [1.82, 2.24) is 15.0 Å². The highest BCUT2D eigenvalue weighted by molar-refractivity contribution is 7.98. The van der Waals surface area contributed by atoms with E-state index in [0.29, 0.717) is 5.41 Å². The molecule has 4 nitrogen and oxygen atoms in total. The van der Waals surface area contributed by atoms with Gasteiger partial charge in [0.1, 0.15) is 0 Å². The maximum absolute atomic E-state index is 4.64.